The number of hydrogen-bond donors (Lipinski definition) is 2. The van der Waals surface area contributed by atoms with Crippen LogP contribution in [0.25, 0.3) is 11.0 Å². The number of rotatable bonds is 5. The van der Waals surface area contributed by atoms with Crippen molar-refractivity contribution in [1.29, 1.82) is 0 Å². The van der Waals surface area contributed by atoms with Crippen LogP contribution in [0.3, 0.4) is 0 Å². The Hall–Kier alpha value is -3.86. The highest BCUT2D eigenvalue weighted by Crippen LogP contribution is 2.37. The van der Waals surface area contributed by atoms with Gasteiger partial charge < -0.3 is 14.8 Å². The number of fused-ring (bicyclic) bond motifs is 2. The van der Waals surface area contributed by atoms with E-state index in [1.54, 1.807) is 24.3 Å². The highest BCUT2D eigenvalue weighted by Gasteiger charge is 2.28. The van der Waals surface area contributed by atoms with E-state index >= 15 is 0 Å². The Morgan fingerprint density at radius 2 is 1.68 bits per heavy atom. The van der Waals surface area contributed by atoms with E-state index in [1.165, 1.54) is 11.1 Å². The van der Waals surface area contributed by atoms with Gasteiger partial charge in [0, 0.05) is 22.7 Å². The van der Waals surface area contributed by atoms with Crippen molar-refractivity contribution in [2.24, 2.45) is 0 Å². The van der Waals surface area contributed by atoms with Gasteiger partial charge in [-0.3, -0.25) is 4.79 Å². The third-order valence-corrected chi connectivity index (χ3v) is 6.85. The van der Waals surface area contributed by atoms with Crippen molar-refractivity contribution in [1.82, 2.24) is 0 Å². The summed E-state index contributed by atoms with van der Waals surface area (Å²) in [6.07, 6.45) is 1.71. The summed E-state index contributed by atoms with van der Waals surface area (Å²) < 4.78 is 6.55. The maximum Gasteiger partial charge on any atom is 0.337 e. The molecule has 34 heavy (non-hydrogen) atoms. The van der Waals surface area contributed by atoms with E-state index in [0.29, 0.717) is 22.2 Å². The molecule has 0 radical (unpaired) electrons. The molecule has 0 spiro atoms. The summed E-state index contributed by atoms with van der Waals surface area (Å²) in [5.74, 6) is -0.119. The Morgan fingerprint density at radius 1 is 1.03 bits per heavy atom. The number of benzene rings is 3. The molecule has 5 rings (SSSR count). The molecule has 5 heteroatoms. The SMILES string of the molecule is Cc1cc([C@@H](C)Nc2ccccc2C(=O)O)c2oc(C3Cc4ccccc4C3)c(C)c(=O)c2c1. The lowest BCUT2D eigenvalue weighted by Crippen LogP contribution is -2.16. The van der Waals surface area contributed by atoms with Crippen LogP contribution < -0.4 is 10.7 Å². The van der Waals surface area contributed by atoms with Gasteiger partial charge in [-0.25, -0.2) is 4.79 Å². The van der Waals surface area contributed by atoms with Gasteiger partial charge >= 0.3 is 5.97 Å². The summed E-state index contributed by atoms with van der Waals surface area (Å²) in [5.41, 5.74) is 6.36. The highest BCUT2D eigenvalue weighted by atomic mass is 16.4. The van der Waals surface area contributed by atoms with E-state index in [-0.39, 0.29) is 23.0 Å². The van der Waals surface area contributed by atoms with Gasteiger partial charge in [0.2, 0.25) is 0 Å². The van der Waals surface area contributed by atoms with E-state index in [4.69, 9.17) is 4.42 Å². The zero-order valence-corrected chi connectivity index (χ0v) is 19.5. The number of carboxylic acids is 1. The molecule has 0 fully saturated rings. The van der Waals surface area contributed by atoms with Crippen LogP contribution in [0.15, 0.2) is 69.9 Å². The predicted octanol–water partition coefficient (Wildman–Crippen LogP) is 6.16. The molecule has 0 aliphatic heterocycles. The van der Waals surface area contributed by atoms with Gasteiger partial charge in [0.25, 0.3) is 0 Å². The van der Waals surface area contributed by atoms with E-state index < -0.39 is 5.97 Å². The summed E-state index contributed by atoms with van der Waals surface area (Å²) in [6, 6.07) is 18.8. The van der Waals surface area contributed by atoms with E-state index in [0.717, 1.165) is 29.7 Å². The monoisotopic (exact) mass is 453 g/mol. The quantitative estimate of drug-likeness (QED) is 0.378. The lowest BCUT2D eigenvalue weighted by Gasteiger charge is -2.20. The maximum absolute atomic E-state index is 13.4. The standard InChI is InChI=1S/C29H27NO4/c1-16-12-23(18(3)30-25-11-7-6-10-22(25)29(32)33)28-24(13-16)26(31)17(2)27(34-28)21-14-19-8-4-5-9-20(19)15-21/h4-13,18,21,30H,14-15H2,1-3H3,(H,32,33)/t18-/m1/s1. The predicted molar refractivity (Wildman–Crippen MR) is 134 cm³/mol. The molecule has 4 aromatic rings. The summed E-state index contributed by atoms with van der Waals surface area (Å²) >= 11 is 0. The molecule has 1 aliphatic carbocycles. The number of carbonyl (C=O) groups is 1. The van der Waals surface area contributed by atoms with Crippen LogP contribution in [0.5, 0.6) is 0 Å². The van der Waals surface area contributed by atoms with Gasteiger partial charge in [-0.15, -0.1) is 0 Å². The number of carboxylic acid groups (broad SMARTS) is 1. The van der Waals surface area contributed by atoms with Crippen molar-refractivity contribution >= 4 is 22.6 Å². The topological polar surface area (TPSA) is 79.5 Å². The van der Waals surface area contributed by atoms with Crippen molar-refractivity contribution < 1.29 is 14.3 Å². The first-order chi connectivity index (χ1) is 16.3. The molecule has 0 saturated carbocycles. The van der Waals surface area contributed by atoms with Crippen LogP contribution in [0.2, 0.25) is 0 Å². The van der Waals surface area contributed by atoms with Gasteiger partial charge in [-0.2, -0.15) is 0 Å². The number of hydrogen-bond acceptors (Lipinski definition) is 4. The summed E-state index contributed by atoms with van der Waals surface area (Å²) in [4.78, 5) is 25.1. The Morgan fingerprint density at radius 3 is 2.35 bits per heavy atom. The van der Waals surface area contributed by atoms with Crippen LogP contribution in [0, 0.1) is 13.8 Å². The number of aromatic carboxylic acids is 1. The fourth-order valence-electron chi connectivity index (χ4n) is 5.15. The van der Waals surface area contributed by atoms with Crippen molar-refractivity contribution in [3.63, 3.8) is 0 Å². The highest BCUT2D eigenvalue weighted by molar-refractivity contribution is 5.94. The molecule has 172 valence electrons. The van der Waals surface area contributed by atoms with Gasteiger partial charge in [-0.05, 0) is 68.5 Å². The lowest BCUT2D eigenvalue weighted by molar-refractivity contribution is 0.0698. The molecule has 1 aromatic heterocycles. The average Bonchev–Trinajstić information content (AvgIpc) is 3.25. The molecule has 2 N–H and O–H groups in total. The Bertz CT molecular complexity index is 1460. The molecule has 1 heterocycles. The molecule has 0 unspecified atom stereocenters. The number of nitrogens with one attached hydrogen (secondary N) is 1. The average molecular weight is 454 g/mol. The first kappa shape index (κ1) is 22.0. The molecular weight excluding hydrogens is 426 g/mol. The van der Waals surface area contributed by atoms with Gasteiger partial charge in [-0.1, -0.05) is 42.5 Å². The fourth-order valence-corrected chi connectivity index (χ4v) is 5.15. The minimum Gasteiger partial charge on any atom is -0.478 e. The second-order valence-corrected chi connectivity index (χ2v) is 9.24. The molecular formula is C29H27NO4. The van der Waals surface area contributed by atoms with Crippen LogP contribution in [-0.2, 0) is 12.8 Å². The maximum atomic E-state index is 13.4. The van der Waals surface area contributed by atoms with Crippen LogP contribution in [0.1, 0.15) is 62.8 Å². The Balaban J connectivity index is 1.60. The first-order valence-electron chi connectivity index (χ1n) is 11.6. The second-order valence-electron chi connectivity index (χ2n) is 9.24. The number of para-hydroxylation sites is 1. The van der Waals surface area contributed by atoms with Gasteiger partial charge in [0.05, 0.1) is 17.0 Å². The van der Waals surface area contributed by atoms with Crippen molar-refractivity contribution in [3.8, 4) is 0 Å². The Kier molecular flexibility index (Phi) is 5.48. The normalized spacial score (nSPS) is 14.2. The number of aryl methyl sites for hydroxylation is 1. The zero-order chi connectivity index (χ0) is 24.0. The minimum absolute atomic E-state index is 0.00436. The smallest absolute Gasteiger partial charge is 0.337 e. The van der Waals surface area contributed by atoms with E-state index in [1.807, 2.05) is 45.0 Å². The molecule has 0 bridgehead atoms. The summed E-state index contributed by atoms with van der Waals surface area (Å²) in [7, 11) is 0. The molecule has 1 atom stereocenters. The molecule has 1 aliphatic rings. The van der Waals surface area contributed by atoms with E-state index in [2.05, 4.69) is 17.4 Å². The third-order valence-electron chi connectivity index (χ3n) is 6.85. The number of anilines is 1. The largest absolute Gasteiger partial charge is 0.478 e. The van der Waals surface area contributed by atoms with Crippen LogP contribution in [0.4, 0.5) is 5.69 Å². The first-order valence-corrected chi connectivity index (χ1v) is 11.6. The molecule has 0 saturated heterocycles. The van der Waals surface area contributed by atoms with E-state index in [9.17, 15) is 14.7 Å². The Labute approximate surface area is 198 Å². The summed E-state index contributed by atoms with van der Waals surface area (Å²) in [6.45, 7) is 5.77. The zero-order valence-electron chi connectivity index (χ0n) is 19.5. The molecule has 3 aromatic carbocycles. The fraction of sp³-hybridized carbons (Fsp3) is 0.241. The van der Waals surface area contributed by atoms with Crippen LogP contribution >= 0.6 is 0 Å². The molecule has 0 amide bonds. The van der Waals surface area contributed by atoms with Crippen LogP contribution in [-0.4, -0.2) is 11.1 Å². The summed E-state index contributed by atoms with van der Waals surface area (Å²) in [5, 5.41) is 13.4. The van der Waals surface area contributed by atoms with Gasteiger partial charge in [0.1, 0.15) is 11.3 Å². The van der Waals surface area contributed by atoms with Crippen molar-refractivity contribution in [2.45, 2.75) is 45.6 Å². The molecule has 5 nitrogen and oxygen atoms in total. The minimum atomic E-state index is -0.991. The van der Waals surface area contributed by atoms with Crippen molar-refractivity contribution in [3.05, 3.63) is 110 Å². The second kappa shape index (κ2) is 8.49. The third kappa shape index (κ3) is 3.77. The van der Waals surface area contributed by atoms with Crippen molar-refractivity contribution in [2.75, 3.05) is 5.32 Å². The lowest BCUT2D eigenvalue weighted by atomic mass is 9.95. The van der Waals surface area contributed by atoms with Gasteiger partial charge in [0.15, 0.2) is 5.43 Å².